The molecule has 0 aliphatic heterocycles. The zero-order chi connectivity index (χ0) is 12.8. The lowest BCUT2D eigenvalue weighted by atomic mass is 10.0. The van der Waals surface area contributed by atoms with E-state index >= 15 is 0 Å². The minimum Gasteiger partial charge on any atom is -0.368 e. The van der Waals surface area contributed by atoms with Crippen molar-refractivity contribution in [2.75, 3.05) is 0 Å². The van der Waals surface area contributed by atoms with Gasteiger partial charge < -0.3 is 5.11 Å². The quantitative estimate of drug-likeness (QED) is 0.792. The largest absolute Gasteiger partial charge is 0.433 e. The fraction of sp³-hybridized carbons (Fsp3) is 0.571. The summed E-state index contributed by atoms with van der Waals surface area (Å²) in [5.41, 5.74) is -4.93. The molecule has 92 valence electrons. The summed E-state index contributed by atoms with van der Waals surface area (Å²) in [6.07, 6.45) is -11.7. The molecule has 2 nitrogen and oxygen atoms in total. The van der Waals surface area contributed by atoms with Crippen LogP contribution in [0.4, 0.5) is 26.3 Å². The predicted molar refractivity (Wildman–Crippen MR) is 42.9 cm³/mol. The molecule has 0 spiro atoms. The SMILES string of the molecule is Cc1csc(C(O)(C(F)(F)F)C(F)(F)F)n1. The average Bonchev–Trinajstić information content (AvgIpc) is 2.46. The Morgan fingerprint density at radius 2 is 1.56 bits per heavy atom. The van der Waals surface area contributed by atoms with Crippen molar-refractivity contribution in [2.45, 2.75) is 24.9 Å². The smallest absolute Gasteiger partial charge is 0.368 e. The lowest BCUT2D eigenvalue weighted by molar-refractivity contribution is -0.376. The molecular formula is C7H5F6NOS. The zero-order valence-corrected chi connectivity index (χ0v) is 8.46. The van der Waals surface area contributed by atoms with Crippen LogP contribution < -0.4 is 0 Å². The molecule has 0 saturated heterocycles. The van der Waals surface area contributed by atoms with E-state index in [1.54, 1.807) is 0 Å². The molecule has 0 unspecified atom stereocenters. The summed E-state index contributed by atoms with van der Waals surface area (Å²) >= 11 is 0.109. The van der Waals surface area contributed by atoms with E-state index in [1.807, 2.05) is 0 Å². The Morgan fingerprint density at radius 1 is 1.12 bits per heavy atom. The highest BCUT2D eigenvalue weighted by molar-refractivity contribution is 7.09. The first-order valence-electron chi connectivity index (χ1n) is 3.78. The van der Waals surface area contributed by atoms with Gasteiger partial charge in [-0.1, -0.05) is 0 Å². The van der Waals surface area contributed by atoms with E-state index in [4.69, 9.17) is 5.11 Å². The van der Waals surface area contributed by atoms with Crippen LogP contribution in [0.5, 0.6) is 0 Å². The van der Waals surface area contributed by atoms with Gasteiger partial charge in [0, 0.05) is 11.1 Å². The molecule has 9 heteroatoms. The first-order valence-corrected chi connectivity index (χ1v) is 4.66. The number of aryl methyl sites for hydroxylation is 1. The summed E-state index contributed by atoms with van der Waals surface area (Å²) in [7, 11) is 0. The van der Waals surface area contributed by atoms with E-state index in [0.717, 1.165) is 5.38 Å². The Labute approximate surface area is 89.5 Å². The van der Waals surface area contributed by atoms with Crippen LogP contribution in [0, 0.1) is 6.92 Å². The summed E-state index contributed by atoms with van der Waals surface area (Å²) < 4.78 is 73.8. The Kier molecular flexibility index (Phi) is 2.97. The maximum absolute atomic E-state index is 12.3. The van der Waals surface area contributed by atoms with Gasteiger partial charge in [0.25, 0.3) is 0 Å². The molecule has 0 amide bonds. The highest BCUT2D eigenvalue weighted by Crippen LogP contribution is 2.50. The molecule has 1 heterocycles. The van der Waals surface area contributed by atoms with Crippen molar-refractivity contribution >= 4 is 11.3 Å². The number of hydrogen-bond donors (Lipinski definition) is 1. The number of aromatic nitrogens is 1. The van der Waals surface area contributed by atoms with E-state index < -0.39 is 23.0 Å². The van der Waals surface area contributed by atoms with E-state index in [0.29, 0.717) is 0 Å². The van der Waals surface area contributed by atoms with Gasteiger partial charge in [0.05, 0.1) is 0 Å². The second-order valence-electron chi connectivity index (χ2n) is 3.00. The topological polar surface area (TPSA) is 33.1 Å². The predicted octanol–water partition coefficient (Wildman–Crippen LogP) is 2.76. The van der Waals surface area contributed by atoms with Gasteiger partial charge in [-0.05, 0) is 6.92 Å². The van der Waals surface area contributed by atoms with Crippen LogP contribution in [-0.2, 0) is 5.60 Å². The van der Waals surface area contributed by atoms with Crippen LogP contribution >= 0.6 is 11.3 Å². The van der Waals surface area contributed by atoms with Crippen molar-refractivity contribution < 1.29 is 31.4 Å². The first kappa shape index (κ1) is 13.2. The average molecular weight is 265 g/mol. The molecule has 0 aromatic carbocycles. The molecule has 0 saturated carbocycles. The molecular weight excluding hydrogens is 260 g/mol. The molecule has 0 atom stereocenters. The van der Waals surface area contributed by atoms with Gasteiger partial charge in [-0.15, -0.1) is 11.3 Å². The fourth-order valence-corrected chi connectivity index (χ4v) is 1.86. The Hall–Kier alpha value is -0.830. The van der Waals surface area contributed by atoms with Crippen LogP contribution in [0.25, 0.3) is 0 Å². The Balaban J connectivity index is 3.38. The minimum atomic E-state index is -5.87. The van der Waals surface area contributed by atoms with E-state index in [2.05, 4.69) is 4.98 Å². The molecule has 1 N–H and O–H groups in total. The van der Waals surface area contributed by atoms with E-state index in [-0.39, 0.29) is 17.0 Å². The van der Waals surface area contributed by atoms with Gasteiger partial charge in [-0.2, -0.15) is 26.3 Å². The van der Waals surface area contributed by atoms with Crippen LogP contribution in [0.3, 0.4) is 0 Å². The number of hydrogen-bond acceptors (Lipinski definition) is 3. The summed E-state index contributed by atoms with van der Waals surface area (Å²) in [6, 6.07) is 0. The molecule has 1 rings (SSSR count). The van der Waals surface area contributed by atoms with Gasteiger partial charge in [0.15, 0.2) is 0 Å². The van der Waals surface area contributed by atoms with Gasteiger partial charge in [-0.3, -0.25) is 0 Å². The molecule has 0 fully saturated rings. The summed E-state index contributed by atoms with van der Waals surface area (Å²) in [6.45, 7) is 1.23. The molecule has 1 aromatic heterocycles. The second kappa shape index (κ2) is 3.59. The third kappa shape index (κ3) is 1.88. The lowest BCUT2D eigenvalue weighted by Crippen LogP contribution is -2.53. The van der Waals surface area contributed by atoms with Crippen molar-refractivity contribution in [3.63, 3.8) is 0 Å². The van der Waals surface area contributed by atoms with Crippen molar-refractivity contribution in [3.8, 4) is 0 Å². The molecule has 0 bridgehead atoms. The summed E-state index contributed by atoms with van der Waals surface area (Å²) in [5, 5.41) is 8.44. The number of alkyl halides is 6. The van der Waals surface area contributed by atoms with E-state index in [1.165, 1.54) is 6.92 Å². The van der Waals surface area contributed by atoms with Crippen LogP contribution in [0.1, 0.15) is 10.7 Å². The third-order valence-corrected chi connectivity index (χ3v) is 2.82. The van der Waals surface area contributed by atoms with Crippen LogP contribution in [0.15, 0.2) is 5.38 Å². The summed E-state index contributed by atoms with van der Waals surface area (Å²) in [4.78, 5) is 3.04. The molecule has 0 aliphatic carbocycles. The highest BCUT2D eigenvalue weighted by atomic mass is 32.1. The van der Waals surface area contributed by atoms with Crippen molar-refractivity contribution in [3.05, 3.63) is 16.1 Å². The number of rotatable bonds is 1. The lowest BCUT2D eigenvalue weighted by Gasteiger charge is -2.30. The molecule has 0 aliphatic rings. The van der Waals surface area contributed by atoms with Gasteiger partial charge >= 0.3 is 18.0 Å². The van der Waals surface area contributed by atoms with E-state index in [9.17, 15) is 26.3 Å². The van der Waals surface area contributed by atoms with Gasteiger partial charge in [0.1, 0.15) is 5.01 Å². The number of nitrogens with zero attached hydrogens (tertiary/aromatic N) is 1. The van der Waals surface area contributed by atoms with Gasteiger partial charge in [-0.25, -0.2) is 4.98 Å². The Morgan fingerprint density at radius 3 is 1.81 bits per heavy atom. The second-order valence-corrected chi connectivity index (χ2v) is 3.86. The maximum atomic E-state index is 12.3. The summed E-state index contributed by atoms with van der Waals surface area (Å²) in [5.74, 6) is 0. The van der Waals surface area contributed by atoms with Crippen molar-refractivity contribution in [2.24, 2.45) is 0 Å². The molecule has 0 radical (unpaired) electrons. The minimum absolute atomic E-state index is 0.0214. The normalized spacial score (nSPS) is 14.2. The van der Waals surface area contributed by atoms with Crippen LogP contribution in [0.2, 0.25) is 0 Å². The highest BCUT2D eigenvalue weighted by Gasteiger charge is 2.73. The molecule has 1 aromatic rings. The van der Waals surface area contributed by atoms with Crippen LogP contribution in [-0.4, -0.2) is 22.4 Å². The zero-order valence-electron chi connectivity index (χ0n) is 7.65. The fourth-order valence-electron chi connectivity index (χ4n) is 0.923. The maximum Gasteiger partial charge on any atom is 0.433 e. The number of thiazole rings is 1. The molecule has 16 heavy (non-hydrogen) atoms. The number of halogens is 6. The van der Waals surface area contributed by atoms with Crippen molar-refractivity contribution in [1.82, 2.24) is 4.98 Å². The third-order valence-electron chi connectivity index (χ3n) is 1.75. The monoisotopic (exact) mass is 265 g/mol. The Bertz CT molecular complexity index is 367. The first-order chi connectivity index (χ1) is 7.00. The van der Waals surface area contributed by atoms with Crippen molar-refractivity contribution in [1.29, 1.82) is 0 Å². The standard InChI is InChI=1S/C7H5F6NOS/c1-3-2-16-4(14-3)5(15,6(8,9)10)7(11,12)13/h2,15H,1H3. The number of aliphatic hydroxyl groups is 1. The van der Waals surface area contributed by atoms with Gasteiger partial charge in [0.2, 0.25) is 0 Å².